The molecule has 0 atom stereocenters. The van der Waals surface area contributed by atoms with E-state index in [9.17, 15) is 9.59 Å². The molecule has 26 heavy (non-hydrogen) atoms. The number of aromatic nitrogens is 1. The van der Waals surface area contributed by atoms with Gasteiger partial charge in [-0.2, -0.15) is 5.10 Å². The van der Waals surface area contributed by atoms with Gasteiger partial charge in [-0.1, -0.05) is 25.1 Å². The van der Waals surface area contributed by atoms with Crippen LogP contribution >= 0.6 is 0 Å². The van der Waals surface area contributed by atoms with Gasteiger partial charge in [0.1, 0.15) is 5.75 Å². The molecule has 3 N–H and O–H groups in total. The second kappa shape index (κ2) is 6.36. The van der Waals surface area contributed by atoms with Crippen molar-refractivity contribution in [1.29, 1.82) is 0 Å². The van der Waals surface area contributed by atoms with E-state index in [1.165, 1.54) is 0 Å². The molecule has 3 aromatic rings. The fraction of sp³-hybridized carbons (Fsp3) is 0.105. The first-order valence-electron chi connectivity index (χ1n) is 8.21. The van der Waals surface area contributed by atoms with Crippen LogP contribution < -0.4 is 15.5 Å². The Balaban J connectivity index is 1.70. The van der Waals surface area contributed by atoms with Gasteiger partial charge in [-0.25, -0.2) is 10.2 Å². The van der Waals surface area contributed by atoms with Crippen molar-refractivity contribution in [2.45, 2.75) is 13.3 Å². The Hall–Kier alpha value is -3.61. The van der Waals surface area contributed by atoms with Crippen LogP contribution in [0.1, 0.15) is 28.5 Å². The number of carbonyl (C=O) groups excluding carboxylic acids is 2. The highest BCUT2D eigenvalue weighted by Gasteiger charge is 2.21. The zero-order valence-corrected chi connectivity index (χ0v) is 14.0. The Bertz CT molecular complexity index is 1040. The molecule has 7 heteroatoms. The number of para-hydroxylation sites is 1. The SMILES string of the molecule is CCc1[nH]c2cc(NC(=O)Oc3ccccc3)cc3c2c1C=NNC3=O. The number of ether oxygens (including phenoxy) is 1. The number of hydrogen-bond donors (Lipinski definition) is 3. The van der Waals surface area contributed by atoms with Crippen LogP contribution in [0.5, 0.6) is 5.75 Å². The summed E-state index contributed by atoms with van der Waals surface area (Å²) in [5.74, 6) is 0.109. The molecule has 0 radical (unpaired) electrons. The van der Waals surface area contributed by atoms with Gasteiger partial charge in [0.15, 0.2) is 0 Å². The summed E-state index contributed by atoms with van der Waals surface area (Å²) in [6.07, 6.45) is 1.78. The van der Waals surface area contributed by atoms with E-state index < -0.39 is 6.09 Å². The standard InChI is InChI=1S/C19H16N4O3/c1-2-15-14-10-20-23-18(24)13-8-11(9-16(22-15)17(13)14)21-19(25)26-12-6-4-3-5-7-12/h3-10,22H,2H2,1H3,(H,21,25)(H,23,24). The summed E-state index contributed by atoms with van der Waals surface area (Å²) in [7, 11) is 0. The summed E-state index contributed by atoms with van der Waals surface area (Å²) >= 11 is 0. The van der Waals surface area contributed by atoms with Crippen molar-refractivity contribution in [2.24, 2.45) is 5.10 Å². The van der Waals surface area contributed by atoms with E-state index in [1.54, 1.807) is 42.6 Å². The molecule has 0 spiro atoms. The first-order valence-corrected chi connectivity index (χ1v) is 8.21. The lowest BCUT2D eigenvalue weighted by molar-refractivity contribution is 0.0957. The predicted molar refractivity (Wildman–Crippen MR) is 98.8 cm³/mol. The lowest BCUT2D eigenvalue weighted by Gasteiger charge is -2.09. The van der Waals surface area contributed by atoms with Crippen molar-refractivity contribution < 1.29 is 14.3 Å². The maximum Gasteiger partial charge on any atom is 0.417 e. The smallest absolute Gasteiger partial charge is 0.410 e. The molecule has 1 aliphatic heterocycles. The molecule has 0 saturated heterocycles. The quantitative estimate of drug-likeness (QED) is 0.677. The summed E-state index contributed by atoms with van der Waals surface area (Å²) < 4.78 is 5.23. The third kappa shape index (κ3) is 2.79. The fourth-order valence-electron chi connectivity index (χ4n) is 3.04. The molecular formula is C19H16N4O3. The van der Waals surface area contributed by atoms with Gasteiger partial charge in [-0.3, -0.25) is 10.1 Å². The van der Waals surface area contributed by atoms with Gasteiger partial charge in [-0.15, -0.1) is 0 Å². The number of aryl methyl sites for hydroxylation is 1. The molecule has 0 bridgehead atoms. The fourth-order valence-corrected chi connectivity index (χ4v) is 3.04. The maximum atomic E-state index is 12.3. The predicted octanol–water partition coefficient (Wildman–Crippen LogP) is 3.42. The molecule has 0 aliphatic carbocycles. The van der Waals surface area contributed by atoms with Crippen LogP contribution in [0.2, 0.25) is 0 Å². The number of nitrogens with zero attached hydrogens (tertiary/aromatic N) is 1. The highest BCUT2D eigenvalue weighted by atomic mass is 16.6. The summed E-state index contributed by atoms with van der Waals surface area (Å²) in [6, 6.07) is 12.2. The van der Waals surface area contributed by atoms with Crippen molar-refractivity contribution >= 4 is 34.8 Å². The zero-order valence-electron chi connectivity index (χ0n) is 14.0. The minimum Gasteiger partial charge on any atom is -0.410 e. The molecule has 7 nitrogen and oxygen atoms in total. The Morgan fingerprint density at radius 3 is 2.81 bits per heavy atom. The maximum absolute atomic E-state index is 12.3. The van der Waals surface area contributed by atoms with Crippen molar-refractivity contribution in [3.05, 3.63) is 59.3 Å². The van der Waals surface area contributed by atoms with Gasteiger partial charge in [-0.05, 0) is 30.7 Å². The molecule has 4 rings (SSSR count). The monoisotopic (exact) mass is 348 g/mol. The summed E-state index contributed by atoms with van der Waals surface area (Å²) in [5.41, 5.74) is 6.00. The van der Waals surface area contributed by atoms with Crippen LogP contribution in [-0.2, 0) is 6.42 Å². The molecule has 130 valence electrons. The third-order valence-electron chi connectivity index (χ3n) is 4.18. The van der Waals surface area contributed by atoms with Crippen LogP contribution in [-0.4, -0.2) is 23.2 Å². The average molecular weight is 348 g/mol. The number of rotatable bonds is 3. The van der Waals surface area contributed by atoms with Gasteiger partial charge in [0, 0.05) is 27.8 Å². The van der Waals surface area contributed by atoms with E-state index in [0.29, 0.717) is 17.0 Å². The minimum atomic E-state index is -0.629. The van der Waals surface area contributed by atoms with E-state index in [-0.39, 0.29) is 5.91 Å². The average Bonchev–Trinajstić information content (AvgIpc) is 2.90. The molecular weight excluding hydrogens is 332 g/mol. The van der Waals surface area contributed by atoms with E-state index in [4.69, 9.17) is 4.74 Å². The van der Waals surface area contributed by atoms with Gasteiger partial charge in [0.25, 0.3) is 5.91 Å². The first kappa shape index (κ1) is 15.9. The highest BCUT2D eigenvalue weighted by molar-refractivity contribution is 6.16. The van der Waals surface area contributed by atoms with Gasteiger partial charge in [0.05, 0.1) is 11.8 Å². The van der Waals surface area contributed by atoms with Crippen molar-refractivity contribution in [3.63, 3.8) is 0 Å². The van der Waals surface area contributed by atoms with E-state index in [0.717, 1.165) is 28.6 Å². The molecule has 2 amide bonds. The van der Waals surface area contributed by atoms with E-state index in [1.807, 2.05) is 13.0 Å². The Kier molecular flexibility index (Phi) is 3.89. The summed E-state index contributed by atoms with van der Waals surface area (Å²) in [5, 5.41) is 7.42. The van der Waals surface area contributed by atoms with Crippen LogP contribution in [0.4, 0.5) is 10.5 Å². The molecule has 0 saturated carbocycles. The number of benzene rings is 2. The van der Waals surface area contributed by atoms with Gasteiger partial charge < -0.3 is 9.72 Å². The number of anilines is 1. The molecule has 0 fully saturated rings. The lowest BCUT2D eigenvalue weighted by Crippen LogP contribution is -2.19. The van der Waals surface area contributed by atoms with Crippen LogP contribution in [0.3, 0.4) is 0 Å². The zero-order chi connectivity index (χ0) is 18.1. The van der Waals surface area contributed by atoms with E-state index in [2.05, 4.69) is 20.8 Å². The lowest BCUT2D eigenvalue weighted by atomic mass is 10.0. The second-order valence-electron chi connectivity index (χ2n) is 5.84. The Morgan fingerprint density at radius 1 is 1.23 bits per heavy atom. The van der Waals surface area contributed by atoms with Gasteiger partial charge >= 0.3 is 6.09 Å². The molecule has 1 aromatic heterocycles. The topological polar surface area (TPSA) is 95.6 Å². The summed E-state index contributed by atoms with van der Waals surface area (Å²) in [4.78, 5) is 27.8. The normalized spacial score (nSPS) is 12.6. The number of aromatic amines is 1. The molecule has 2 aromatic carbocycles. The number of hydrogen-bond acceptors (Lipinski definition) is 4. The van der Waals surface area contributed by atoms with Crippen molar-refractivity contribution in [2.75, 3.05) is 5.32 Å². The summed E-state index contributed by atoms with van der Waals surface area (Å²) in [6.45, 7) is 2.02. The number of carbonyl (C=O) groups is 2. The number of amides is 2. The Morgan fingerprint density at radius 2 is 2.04 bits per heavy atom. The van der Waals surface area contributed by atoms with Crippen molar-refractivity contribution in [3.8, 4) is 5.75 Å². The molecule has 0 unspecified atom stereocenters. The molecule has 1 aliphatic rings. The highest BCUT2D eigenvalue weighted by Crippen LogP contribution is 2.30. The van der Waals surface area contributed by atoms with E-state index >= 15 is 0 Å². The molecule has 2 heterocycles. The minimum absolute atomic E-state index is 0.327. The number of hydrazone groups is 1. The van der Waals surface area contributed by atoms with Crippen LogP contribution in [0.15, 0.2) is 47.6 Å². The first-order chi connectivity index (χ1) is 12.7. The van der Waals surface area contributed by atoms with Crippen molar-refractivity contribution in [1.82, 2.24) is 10.4 Å². The van der Waals surface area contributed by atoms with Crippen LogP contribution in [0.25, 0.3) is 10.9 Å². The third-order valence-corrected chi connectivity index (χ3v) is 4.18. The number of nitrogens with one attached hydrogen (secondary N) is 3. The Labute approximate surface area is 149 Å². The second-order valence-corrected chi connectivity index (χ2v) is 5.84. The number of H-pyrrole nitrogens is 1. The van der Waals surface area contributed by atoms with Gasteiger partial charge in [0.2, 0.25) is 0 Å². The largest absolute Gasteiger partial charge is 0.417 e. The van der Waals surface area contributed by atoms with Crippen LogP contribution in [0, 0.1) is 0 Å².